The zero-order chi connectivity index (χ0) is 24.8. The Kier molecular flexibility index (Phi) is 7.97. The Bertz CT molecular complexity index is 1580. The van der Waals surface area contributed by atoms with E-state index in [-0.39, 0.29) is 12.4 Å². The summed E-state index contributed by atoms with van der Waals surface area (Å²) in [5.41, 5.74) is 9.05. The number of hydrogen-bond acceptors (Lipinski definition) is 0. The Morgan fingerprint density at radius 3 is 1.41 bits per heavy atom. The molecule has 0 bridgehead atoms. The first kappa shape index (κ1) is 26.7. The second-order valence-corrected chi connectivity index (χ2v) is 38.3. The van der Waals surface area contributed by atoms with Crippen molar-refractivity contribution in [1.29, 1.82) is 0 Å². The summed E-state index contributed by atoms with van der Waals surface area (Å²) in [6, 6.07) is 31.3. The van der Waals surface area contributed by atoms with Crippen LogP contribution in [0.3, 0.4) is 0 Å². The van der Waals surface area contributed by atoms with Crippen molar-refractivity contribution in [2.45, 2.75) is 38.2 Å². The van der Waals surface area contributed by atoms with Crippen molar-refractivity contribution < 1.29 is 18.6 Å². The zero-order valence-corrected chi connectivity index (χ0v) is 27.4. The molecule has 0 N–H and O–H groups in total. The van der Waals surface area contributed by atoms with Gasteiger partial charge in [-0.25, -0.2) is 0 Å². The topological polar surface area (TPSA) is 0 Å². The standard InChI is InChI=1S/2C16H13.C2H6Ge.ClH.Zr/c2*1-12-6-4-10-14(12)16-11-5-8-13-7-2-3-9-15(13)16;1-3-2;;/h2*2-3,5,7-11H,4H2,1H3;1-2H3;1H;. The number of hydrogen-bond donors (Lipinski definition) is 0. The first-order valence-corrected chi connectivity index (χ1v) is 27.1. The molecule has 4 aromatic carbocycles. The fraction of sp³-hybridized carbons (Fsp3) is 0.176. The summed E-state index contributed by atoms with van der Waals surface area (Å²) in [5, 5.41) is 5.46. The van der Waals surface area contributed by atoms with Crippen LogP contribution in [0.15, 0.2) is 115 Å². The predicted molar refractivity (Wildman–Crippen MR) is 163 cm³/mol. The summed E-state index contributed by atoms with van der Waals surface area (Å²) in [4.78, 5) is 0. The van der Waals surface area contributed by atoms with E-state index in [9.17, 15) is 0 Å². The normalized spacial score (nSPS) is 15.2. The maximum absolute atomic E-state index is 2.65. The van der Waals surface area contributed by atoms with Gasteiger partial charge in [0.1, 0.15) is 0 Å². The van der Waals surface area contributed by atoms with Gasteiger partial charge in [0.2, 0.25) is 0 Å². The van der Waals surface area contributed by atoms with Crippen LogP contribution in [-0.4, -0.2) is 9.98 Å². The first-order chi connectivity index (χ1) is 17.5. The van der Waals surface area contributed by atoms with E-state index in [2.05, 4.69) is 122 Å². The molecule has 0 aromatic heterocycles. The quantitative estimate of drug-likeness (QED) is 0.195. The molecule has 0 aliphatic heterocycles. The molecule has 0 nitrogen and oxygen atoms in total. The molecule has 6 rings (SSSR count). The number of allylic oxidation sites excluding steroid dienone is 8. The second kappa shape index (κ2) is 11.1. The third kappa shape index (κ3) is 4.73. The van der Waals surface area contributed by atoms with Gasteiger partial charge in [-0.1, -0.05) is 0 Å². The third-order valence-corrected chi connectivity index (χ3v) is 36.2. The number of benzene rings is 4. The Morgan fingerprint density at radius 1 is 0.568 bits per heavy atom. The van der Waals surface area contributed by atoms with Gasteiger partial charge in [0.15, 0.2) is 0 Å². The van der Waals surface area contributed by atoms with E-state index < -0.39 is 28.6 Å². The molecular formula is C34H33ClGeZr. The molecule has 0 amide bonds. The molecule has 4 aromatic rings. The number of halogens is 1. The van der Waals surface area contributed by atoms with Crippen LogP contribution in [0.1, 0.15) is 37.8 Å². The smallest absolute Gasteiger partial charge is 0.147 e. The molecule has 2 aliphatic rings. The van der Waals surface area contributed by atoms with E-state index >= 15 is 0 Å². The van der Waals surface area contributed by atoms with E-state index in [1.54, 1.807) is 11.1 Å². The Morgan fingerprint density at radius 2 is 0.973 bits per heavy atom. The van der Waals surface area contributed by atoms with Crippen molar-refractivity contribution in [3.8, 4) is 0 Å². The monoisotopic (exact) mass is 640 g/mol. The van der Waals surface area contributed by atoms with Crippen molar-refractivity contribution >= 4 is 55.1 Å². The third-order valence-electron chi connectivity index (χ3n) is 8.00. The van der Waals surface area contributed by atoms with Crippen LogP contribution in [0.2, 0.25) is 11.5 Å². The van der Waals surface area contributed by atoms with Crippen molar-refractivity contribution in [2.75, 3.05) is 0 Å². The SMILES string of the molecule is CC1=[C]([Zr]([C]2=C(C)C(c3cccc4ccccc34)=CC2)=[Ge]([CH3])[CH3])CC=C1c1cccc2ccccc12.Cl. The van der Waals surface area contributed by atoms with E-state index in [4.69, 9.17) is 0 Å². The van der Waals surface area contributed by atoms with Gasteiger partial charge < -0.3 is 0 Å². The minimum Gasteiger partial charge on any atom is -0.147 e. The zero-order valence-electron chi connectivity index (χ0n) is 22.1. The van der Waals surface area contributed by atoms with Gasteiger partial charge in [0.05, 0.1) is 0 Å². The molecule has 0 atom stereocenters. The van der Waals surface area contributed by atoms with Gasteiger partial charge in [0, 0.05) is 0 Å². The molecule has 0 saturated carbocycles. The molecule has 0 heterocycles. The van der Waals surface area contributed by atoms with Crippen molar-refractivity contribution in [3.05, 3.63) is 126 Å². The molecule has 37 heavy (non-hydrogen) atoms. The van der Waals surface area contributed by atoms with Crippen LogP contribution in [-0.2, 0) is 18.6 Å². The maximum Gasteiger partial charge on any atom is -0.147 e. The van der Waals surface area contributed by atoms with Gasteiger partial charge in [-0.3, -0.25) is 0 Å². The van der Waals surface area contributed by atoms with Crippen molar-refractivity contribution in [3.63, 3.8) is 0 Å². The van der Waals surface area contributed by atoms with Crippen LogP contribution >= 0.6 is 12.4 Å². The first-order valence-electron chi connectivity index (χ1n) is 13.0. The molecule has 0 unspecified atom stereocenters. The molecular weight excluding hydrogens is 608 g/mol. The average molecular weight is 641 g/mol. The van der Waals surface area contributed by atoms with E-state index in [1.165, 1.54) is 56.7 Å². The molecule has 184 valence electrons. The van der Waals surface area contributed by atoms with Gasteiger partial charge >= 0.3 is 225 Å². The van der Waals surface area contributed by atoms with Crippen molar-refractivity contribution in [2.24, 2.45) is 0 Å². The summed E-state index contributed by atoms with van der Waals surface area (Å²) in [6.45, 7) is 4.86. The summed E-state index contributed by atoms with van der Waals surface area (Å²) in [5.74, 6) is 5.31. The molecule has 3 heteroatoms. The van der Waals surface area contributed by atoms with E-state index in [1.807, 2.05) is 6.56 Å². The van der Waals surface area contributed by atoms with Gasteiger partial charge in [-0.05, 0) is 0 Å². The van der Waals surface area contributed by atoms with Crippen LogP contribution in [0.5, 0.6) is 0 Å². The molecule has 0 spiro atoms. The molecule has 2 aliphatic carbocycles. The molecule has 0 saturated heterocycles. The fourth-order valence-corrected chi connectivity index (χ4v) is 36.3. The molecule has 0 fully saturated rings. The number of rotatable bonds is 4. The minimum atomic E-state index is -1.90. The van der Waals surface area contributed by atoms with Crippen LogP contribution in [0.25, 0.3) is 32.7 Å². The molecule has 0 radical (unpaired) electrons. The van der Waals surface area contributed by atoms with E-state index in [0.29, 0.717) is 0 Å². The Balaban J connectivity index is 0.00000280. The van der Waals surface area contributed by atoms with E-state index in [0.717, 1.165) is 0 Å². The van der Waals surface area contributed by atoms with Gasteiger partial charge in [-0.2, -0.15) is 0 Å². The van der Waals surface area contributed by atoms with Crippen LogP contribution in [0.4, 0.5) is 0 Å². The fourth-order valence-electron chi connectivity index (χ4n) is 6.26. The van der Waals surface area contributed by atoms with Gasteiger partial charge in [-0.15, -0.1) is 12.4 Å². The van der Waals surface area contributed by atoms with Crippen molar-refractivity contribution in [1.82, 2.24) is 0 Å². The summed E-state index contributed by atoms with van der Waals surface area (Å²) in [6.07, 6.45) is 7.46. The Hall–Kier alpha value is -1.92. The maximum atomic E-state index is 2.65. The van der Waals surface area contributed by atoms with Crippen LogP contribution in [0, 0.1) is 0 Å². The predicted octanol–water partition coefficient (Wildman–Crippen LogP) is 10.1. The summed E-state index contributed by atoms with van der Waals surface area (Å²) < 4.78 is 3.75. The minimum absolute atomic E-state index is 0. The number of fused-ring (bicyclic) bond motifs is 2. The van der Waals surface area contributed by atoms with Crippen LogP contribution < -0.4 is 0 Å². The summed E-state index contributed by atoms with van der Waals surface area (Å²) >= 11 is -1.90. The summed E-state index contributed by atoms with van der Waals surface area (Å²) in [7, 11) is -1.11. The second-order valence-electron chi connectivity index (χ2n) is 10.3. The average Bonchev–Trinajstić information content (AvgIpc) is 3.46. The largest absolute Gasteiger partial charge is 0.147 e. The van der Waals surface area contributed by atoms with Gasteiger partial charge in [0.25, 0.3) is 0 Å². The Labute approximate surface area is 236 Å².